The predicted molar refractivity (Wildman–Crippen MR) is 135 cm³/mol. The van der Waals surface area contributed by atoms with Gasteiger partial charge < -0.3 is 5.32 Å². The van der Waals surface area contributed by atoms with E-state index in [4.69, 9.17) is 0 Å². The third-order valence-electron chi connectivity index (χ3n) is 6.28. The van der Waals surface area contributed by atoms with E-state index in [0.717, 1.165) is 28.4 Å². The van der Waals surface area contributed by atoms with Crippen molar-refractivity contribution in [1.82, 2.24) is 9.78 Å². The number of carbonyl (C=O) groups is 1. The zero-order chi connectivity index (χ0) is 23.1. The van der Waals surface area contributed by atoms with Crippen LogP contribution in [-0.4, -0.2) is 15.7 Å². The van der Waals surface area contributed by atoms with Crippen molar-refractivity contribution in [3.63, 3.8) is 0 Å². The van der Waals surface area contributed by atoms with E-state index >= 15 is 0 Å². The molecule has 1 N–H and O–H groups in total. The molecule has 6 rings (SSSR count). The van der Waals surface area contributed by atoms with E-state index < -0.39 is 0 Å². The Morgan fingerprint density at radius 3 is 2.50 bits per heavy atom. The van der Waals surface area contributed by atoms with E-state index in [1.807, 2.05) is 66.7 Å². The summed E-state index contributed by atoms with van der Waals surface area (Å²) in [6, 6.07) is 31.6. The van der Waals surface area contributed by atoms with Gasteiger partial charge in [-0.25, -0.2) is 4.68 Å². The maximum Gasteiger partial charge on any atom is 0.267 e. The standard InChI is InChI=1S/C29H21N3O2/c33-28(30-24-11-12-26-23(17-24)16-21-7-3-4-8-25(21)26)18-32-29(34)14-13-27(31-32)22-10-9-19-5-1-2-6-20(19)15-22/h1-15,17H,16,18H2,(H,30,33). The summed E-state index contributed by atoms with van der Waals surface area (Å²) >= 11 is 0. The SMILES string of the molecule is O=C(Cn1nc(-c2ccc3ccccc3c2)ccc1=O)Nc1ccc2c(c1)Cc1ccccc1-2. The van der Waals surface area contributed by atoms with E-state index in [1.54, 1.807) is 6.07 Å². The number of aromatic nitrogens is 2. The fourth-order valence-corrected chi connectivity index (χ4v) is 4.62. The molecule has 0 radical (unpaired) electrons. The molecule has 164 valence electrons. The molecule has 0 atom stereocenters. The van der Waals surface area contributed by atoms with Gasteiger partial charge in [0.05, 0.1) is 5.69 Å². The van der Waals surface area contributed by atoms with E-state index in [9.17, 15) is 9.59 Å². The molecule has 0 unspecified atom stereocenters. The Balaban J connectivity index is 1.22. The molecule has 1 aromatic heterocycles. The maximum atomic E-state index is 12.8. The zero-order valence-electron chi connectivity index (χ0n) is 18.4. The summed E-state index contributed by atoms with van der Waals surface area (Å²) in [5.74, 6) is -0.291. The summed E-state index contributed by atoms with van der Waals surface area (Å²) in [6.07, 6.45) is 0.851. The first-order valence-electron chi connectivity index (χ1n) is 11.2. The largest absolute Gasteiger partial charge is 0.324 e. The fraction of sp³-hybridized carbons (Fsp3) is 0.0690. The molecule has 5 heteroatoms. The van der Waals surface area contributed by atoms with Gasteiger partial charge in [-0.2, -0.15) is 5.10 Å². The number of nitrogens with one attached hydrogen (secondary N) is 1. The second kappa shape index (κ2) is 8.12. The van der Waals surface area contributed by atoms with E-state index in [2.05, 4.69) is 28.6 Å². The molecule has 1 heterocycles. The monoisotopic (exact) mass is 443 g/mol. The zero-order valence-corrected chi connectivity index (χ0v) is 18.4. The number of anilines is 1. The van der Waals surface area contributed by atoms with Crippen LogP contribution < -0.4 is 10.9 Å². The van der Waals surface area contributed by atoms with Crippen molar-refractivity contribution in [2.75, 3.05) is 5.32 Å². The van der Waals surface area contributed by atoms with Crippen LogP contribution in [0.25, 0.3) is 33.2 Å². The Bertz CT molecular complexity index is 1630. The van der Waals surface area contributed by atoms with Crippen LogP contribution in [0.4, 0.5) is 5.69 Å². The molecule has 5 nitrogen and oxygen atoms in total. The van der Waals surface area contributed by atoms with Gasteiger partial charge in [0.25, 0.3) is 5.56 Å². The topological polar surface area (TPSA) is 64.0 Å². The van der Waals surface area contributed by atoms with Crippen molar-refractivity contribution in [2.24, 2.45) is 0 Å². The quantitative estimate of drug-likeness (QED) is 0.404. The van der Waals surface area contributed by atoms with Crippen molar-refractivity contribution in [3.8, 4) is 22.4 Å². The number of benzene rings is 4. The molecule has 1 amide bonds. The summed E-state index contributed by atoms with van der Waals surface area (Å²) in [7, 11) is 0. The van der Waals surface area contributed by atoms with Gasteiger partial charge in [-0.1, -0.05) is 66.7 Å². The number of nitrogens with zero attached hydrogens (tertiary/aromatic N) is 2. The molecule has 0 aliphatic heterocycles. The number of amides is 1. The summed E-state index contributed by atoms with van der Waals surface area (Å²) in [6.45, 7) is -0.155. The predicted octanol–water partition coefficient (Wildman–Crippen LogP) is 5.27. The molecule has 1 aliphatic carbocycles. The number of hydrogen-bond donors (Lipinski definition) is 1. The molecule has 4 aromatic carbocycles. The first-order chi connectivity index (χ1) is 16.6. The molecule has 0 saturated heterocycles. The van der Waals surface area contributed by atoms with Crippen molar-refractivity contribution < 1.29 is 4.79 Å². The first kappa shape index (κ1) is 20.1. The Morgan fingerprint density at radius 2 is 1.59 bits per heavy atom. The van der Waals surface area contributed by atoms with E-state index in [0.29, 0.717) is 5.69 Å². The van der Waals surface area contributed by atoms with E-state index in [-0.39, 0.29) is 18.0 Å². The molecule has 0 fully saturated rings. The van der Waals surface area contributed by atoms with Gasteiger partial charge in [0.2, 0.25) is 5.91 Å². The van der Waals surface area contributed by atoms with Gasteiger partial charge >= 0.3 is 0 Å². The van der Waals surface area contributed by atoms with Crippen LogP contribution in [0.1, 0.15) is 11.1 Å². The molecule has 34 heavy (non-hydrogen) atoms. The minimum atomic E-state index is -0.316. The van der Waals surface area contributed by atoms with Crippen molar-refractivity contribution >= 4 is 22.4 Å². The van der Waals surface area contributed by atoms with Crippen LogP contribution in [0, 0.1) is 0 Å². The van der Waals surface area contributed by atoms with Crippen LogP contribution in [0.2, 0.25) is 0 Å². The average Bonchev–Trinajstić information content (AvgIpc) is 3.23. The van der Waals surface area contributed by atoms with Gasteiger partial charge in [0.1, 0.15) is 6.54 Å². The molecule has 0 saturated carbocycles. The van der Waals surface area contributed by atoms with Gasteiger partial charge in [-0.3, -0.25) is 9.59 Å². The highest BCUT2D eigenvalue weighted by Gasteiger charge is 2.18. The first-order valence-corrected chi connectivity index (χ1v) is 11.2. The van der Waals surface area contributed by atoms with Crippen molar-refractivity contribution in [3.05, 3.63) is 119 Å². The lowest BCUT2D eigenvalue weighted by Crippen LogP contribution is -2.29. The van der Waals surface area contributed by atoms with Crippen molar-refractivity contribution in [1.29, 1.82) is 0 Å². The Labute approximate surface area is 196 Å². The molecular weight excluding hydrogens is 422 g/mol. The van der Waals surface area contributed by atoms with Crippen LogP contribution >= 0.6 is 0 Å². The second-order valence-electron chi connectivity index (χ2n) is 8.53. The number of carbonyl (C=O) groups excluding carboxylic acids is 1. The van der Waals surface area contributed by atoms with Gasteiger partial charge in [0, 0.05) is 17.3 Å². The molecule has 5 aromatic rings. The highest BCUT2D eigenvalue weighted by molar-refractivity contribution is 5.92. The van der Waals surface area contributed by atoms with Gasteiger partial charge in [-0.05, 0) is 63.7 Å². The summed E-state index contributed by atoms with van der Waals surface area (Å²) < 4.78 is 1.21. The van der Waals surface area contributed by atoms with Crippen LogP contribution in [0.3, 0.4) is 0 Å². The summed E-state index contributed by atoms with van der Waals surface area (Å²) in [5.41, 5.74) is 6.87. The van der Waals surface area contributed by atoms with Crippen LogP contribution in [0.5, 0.6) is 0 Å². The van der Waals surface area contributed by atoms with Crippen LogP contribution in [0.15, 0.2) is 102 Å². The molecular formula is C29H21N3O2. The molecule has 1 aliphatic rings. The number of rotatable bonds is 4. The number of fused-ring (bicyclic) bond motifs is 4. The average molecular weight is 444 g/mol. The minimum absolute atomic E-state index is 0.155. The van der Waals surface area contributed by atoms with Crippen LogP contribution in [-0.2, 0) is 17.8 Å². The molecule has 0 bridgehead atoms. The normalized spacial score (nSPS) is 11.8. The van der Waals surface area contributed by atoms with Crippen molar-refractivity contribution in [2.45, 2.75) is 13.0 Å². The lowest BCUT2D eigenvalue weighted by Gasteiger charge is -2.10. The third-order valence-corrected chi connectivity index (χ3v) is 6.28. The Kier molecular flexibility index (Phi) is 4.81. The Morgan fingerprint density at radius 1 is 0.794 bits per heavy atom. The third kappa shape index (κ3) is 3.67. The summed E-state index contributed by atoms with van der Waals surface area (Å²) in [5, 5.41) is 9.61. The smallest absolute Gasteiger partial charge is 0.267 e. The fourth-order valence-electron chi connectivity index (χ4n) is 4.62. The second-order valence-corrected chi connectivity index (χ2v) is 8.53. The highest BCUT2D eigenvalue weighted by atomic mass is 16.2. The van der Waals surface area contributed by atoms with E-state index in [1.165, 1.54) is 33.0 Å². The minimum Gasteiger partial charge on any atom is -0.324 e. The lowest BCUT2D eigenvalue weighted by molar-refractivity contribution is -0.117. The summed E-state index contributed by atoms with van der Waals surface area (Å²) in [4.78, 5) is 25.2. The van der Waals surface area contributed by atoms with Gasteiger partial charge in [0.15, 0.2) is 0 Å². The molecule has 0 spiro atoms. The van der Waals surface area contributed by atoms with Gasteiger partial charge in [-0.15, -0.1) is 0 Å². The maximum absolute atomic E-state index is 12.8. The number of hydrogen-bond acceptors (Lipinski definition) is 3. The lowest BCUT2D eigenvalue weighted by atomic mass is 10.1. The highest BCUT2D eigenvalue weighted by Crippen LogP contribution is 2.37. The Hall–Kier alpha value is -4.51.